The Hall–Kier alpha value is -3.35. The lowest BCUT2D eigenvalue weighted by Crippen LogP contribution is -2.09. The molecule has 2 aromatic carbocycles. The molecule has 7 heteroatoms. The maximum absolute atomic E-state index is 12.1. The van der Waals surface area contributed by atoms with Crippen LogP contribution in [0.3, 0.4) is 0 Å². The highest BCUT2D eigenvalue weighted by atomic mass is 16.6. The highest BCUT2D eigenvalue weighted by Crippen LogP contribution is 2.28. The van der Waals surface area contributed by atoms with Gasteiger partial charge in [0.25, 0.3) is 5.69 Å². The van der Waals surface area contributed by atoms with Gasteiger partial charge in [0.05, 0.1) is 24.7 Å². The summed E-state index contributed by atoms with van der Waals surface area (Å²) in [4.78, 5) is 22.7. The normalized spacial score (nSPS) is 10.6. The van der Waals surface area contributed by atoms with Crippen LogP contribution in [0.2, 0.25) is 0 Å². The Labute approximate surface area is 157 Å². The van der Waals surface area contributed by atoms with Gasteiger partial charge in [0, 0.05) is 6.08 Å². The minimum absolute atomic E-state index is 0.107. The molecule has 0 fully saturated rings. The first-order valence-electron chi connectivity index (χ1n) is 8.58. The molecule has 0 bridgehead atoms. The molecule has 0 aliphatic carbocycles. The number of unbranched alkanes of at least 4 members (excludes halogenated alkanes) is 1. The summed E-state index contributed by atoms with van der Waals surface area (Å²) in [5, 5.41) is 13.7. The number of carbonyl (C=O) groups is 1. The molecular weight excluding hydrogens is 348 g/mol. The maximum atomic E-state index is 12.1. The number of anilines is 1. The summed E-state index contributed by atoms with van der Waals surface area (Å²) in [6.07, 6.45) is 5.02. The van der Waals surface area contributed by atoms with Crippen molar-refractivity contribution in [1.82, 2.24) is 0 Å². The number of hydrogen-bond donors (Lipinski definition) is 1. The second kappa shape index (κ2) is 9.96. The molecule has 2 aromatic rings. The molecule has 0 radical (unpaired) electrons. The minimum atomic E-state index is -0.570. The lowest BCUT2D eigenvalue weighted by molar-refractivity contribution is -0.384. The van der Waals surface area contributed by atoms with E-state index in [9.17, 15) is 14.9 Å². The van der Waals surface area contributed by atoms with Gasteiger partial charge in [0.1, 0.15) is 17.2 Å². The fourth-order valence-corrected chi connectivity index (χ4v) is 2.25. The molecule has 2 rings (SSSR count). The second-order valence-electron chi connectivity index (χ2n) is 5.73. The Balaban J connectivity index is 2.00. The number of nitrogens with one attached hydrogen (secondary N) is 1. The minimum Gasteiger partial charge on any atom is -0.496 e. The zero-order chi connectivity index (χ0) is 19.6. The van der Waals surface area contributed by atoms with Crippen LogP contribution in [0.5, 0.6) is 11.5 Å². The van der Waals surface area contributed by atoms with Gasteiger partial charge in [-0.05, 0) is 42.3 Å². The fourth-order valence-electron chi connectivity index (χ4n) is 2.25. The Morgan fingerprint density at radius 1 is 1.19 bits per heavy atom. The number of rotatable bonds is 9. The highest BCUT2D eigenvalue weighted by Gasteiger charge is 2.16. The van der Waals surface area contributed by atoms with Gasteiger partial charge in [0.15, 0.2) is 0 Å². The third-order valence-electron chi connectivity index (χ3n) is 3.73. The summed E-state index contributed by atoms with van der Waals surface area (Å²) in [5.41, 5.74) is 0.692. The number of benzene rings is 2. The monoisotopic (exact) mass is 370 g/mol. The number of nitrogens with zero attached hydrogens (tertiary/aromatic N) is 1. The van der Waals surface area contributed by atoms with Crippen molar-refractivity contribution in [1.29, 1.82) is 0 Å². The molecule has 0 saturated heterocycles. The van der Waals surface area contributed by atoms with E-state index < -0.39 is 10.8 Å². The highest BCUT2D eigenvalue weighted by molar-refractivity contribution is 6.03. The van der Waals surface area contributed by atoms with Crippen LogP contribution in [-0.4, -0.2) is 24.5 Å². The van der Waals surface area contributed by atoms with E-state index in [2.05, 4.69) is 12.2 Å². The van der Waals surface area contributed by atoms with Crippen molar-refractivity contribution in [3.63, 3.8) is 0 Å². The summed E-state index contributed by atoms with van der Waals surface area (Å²) in [6, 6.07) is 11.6. The van der Waals surface area contributed by atoms with Crippen molar-refractivity contribution >= 4 is 23.4 Å². The van der Waals surface area contributed by atoms with E-state index in [1.54, 1.807) is 12.1 Å². The van der Waals surface area contributed by atoms with Gasteiger partial charge >= 0.3 is 0 Å². The standard InChI is InChI=1S/C20H22N2O5/c1-3-4-13-27-16-8-5-15(6-9-16)7-12-20(23)21-18-11-10-17(26-2)14-19(18)22(24)25/h5-12,14H,3-4,13H2,1-2H3,(H,21,23)/b12-7+. The summed E-state index contributed by atoms with van der Waals surface area (Å²) >= 11 is 0. The quantitative estimate of drug-likeness (QED) is 0.305. The number of carbonyl (C=O) groups excluding carboxylic acids is 1. The molecule has 0 saturated carbocycles. The number of amides is 1. The molecule has 0 aliphatic rings. The maximum Gasteiger partial charge on any atom is 0.296 e. The molecule has 0 aromatic heterocycles. The summed E-state index contributed by atoms with van der Waals surface area (Å²) in [6.45, 7) is 2.78. The molecule has 1 amide bonds. The van der Waals surface area contributed by atoms with E-state index >= 15 is 0 Å². The topological polar surface area (TPSA) is 90.7 Å². The van der Waals surface area contributed by atoms with E-state index in [1.807, 2.05) is 24.3 Å². The lowest BCUT2D eigenvalue weighted by Gasteiger charge is -2.06. The molecule has 142 valence electrons. The fraction of sp³-hybridized carbons (Fsp3) is 0.250. The number of nitro groups is 1. The van der Waals surface area contributed by atoms with Gasteiger partial charge < -0.3 is 14.8 Å². The van der Waals surface area contributed by atoms with Gasteiger partial charge in [-0.2, -0.15) is 0 Å². The van der Waals surface area contributed by atoms with Crippen LogP contribution >= 0.6 is 0 Å². The van der Waals surface area contributed by atoms with Crippen molar-refractivity contribution in [3.8, 4) is 11.5 Å². The predicted molar refractivity (Wildman–Crippen MR) is 104 cm³/mol. The lowest BCUT2D eigenvalue weighted by atomic mass is 10.2. The van der Waals surface area contributed by atoms with Gasteiger partial charge in [-0.15, -0.1) is 0 Å². The molecule has 1 N–H and O–H groups in total. The third-order valence-corrected chi connectivity index (χ3v) is 3.73. The summed E-state index contributed by atoms with van der Waals surface area (Å²) in [5.74, 6) is 0.655. The average molecular weight is 370 g/mol. The summed E-state index contributed by atoms with van der Waals surface area (Å²) in [7, 11) is 1.42. The van der Waals surface area contributed by atoms with Crippen molar-refractivity contribution in [2.45, 2.75) is 19.8 Å². The average Bonchev–Trinajstić information content (AvgIpc) is 2.67. The van der Waals surface area contributed by atoms with Gasteiger partial charge in [-0.3, -0.25) is 14.9 Å². The molecule has 0 spiro atoms. The first-order chi connectivity index (χ1) is 13.0. The van der Waals surface area contributed by atoms with Crippen molar-refractivity contribution in [2.75, 3.05) is 19.0 Å². The van der Waals surface area contributed by atoms with Crippen LogP contribution in [0, 0.1) is 10.1 Å². The van der Waals surface area contributed by atoms with Crippen LogP contribution in [0.4, 0.5) is 11.4 Å². The number of nitro benzene ring substituents is 1. The zero-order valence-electron chi connectivity index (χ0n) is 15.3. The molecule has 0 atom stereocenters. The number of methoxy groups -OCH3 is 1. The SMILES string of the molecule is CCCCOc1ccc(/C=C/C(=O)Nc2ccc(OC)cc2[N+](=O)[O-])cc1. The van der Waals surface area contributed by atoms with Crippen LogP contribution in [0.25, 0.3) is 6.08 Å². The molecule has 7 nitrogen and oxygen atoms in total. The number of hydrogen-bond acceptors (Lipinski definition) is 5. The van der Waals surface area contributed by atoms with Crippen molar-refractivity contribution < 1.29 is 19.2 Å². The molecule has 0 aliphatic heterocycles. The second-order valence-corrected chi connectivity index (χ2v) is 5.73. The van der Waals surface area contributed by atoms with Crippen molar-refractivity contribution in [3.05, 3.63) is 64.2 Å². The van der Waals surface area contributed by atoms with Crippen LogP contribution in [-0.2, 0) is 4.79 Å². The Bertz CT molecular complexity index is 816. The van der Waals surface area contributed by atoms with Crippen LogP contribution < -0.4 is 14.8 Å². The van der Waals surface area contributed by atoms with Gasteiger partial charge in [-0.1, -0.05) is 25.5 Å². The molecular formula is C20H22N2O5. The largest absolute Gasteiger partial charge is 0.496 e. The summed E-state index contributed by atoms with van der Waals surface area (Å²) < 4.78 is 10.6. The predicted octanol–water partition coefficient (Wildman–Crippen LogP) is 4.43. The first-order valence-corrected chi connectivity index (χ1v) is 8.58. The van der Waals surface area contributed by atoms with Gasteiger partial charge in [-0.25, -0.2) is 0 Å². The Kier molecular flexibility index (Phi) is 7.37. The van der Waals surface area contributed by atoms with E-state index in [-0.39, 0.29) is 11.4 Å². The van der Waals surface area contributed by atoms with E-state index in [4.69, 9.17) is 9.47 Å². The van der Waals surface area contributed by atoms with E-state index in [0.717, 1.165) is 24.2 Å². The smallest absolute Gasteiger partial charge is 0.296 e. The Morgan fingerprint density at radius 3 is 2.52 bits per heavy atom. The molecule has 0 heterocycles. The Morgan fingerprint density at radius 2 is 1.89 bits per heavy atom. The zero-order valence-corrected chi connectivity index (χ0v) is 15.3. The van der Waals surface area contributed by atoms with Crippen LogP contribution in [0.15, 0.2) is 48.5 Å². The van der Waals surface area contributed by atoms with E-state index in [0.29, 0.717) is 12.4 Å². The number of ether oxygens (including phenoxy) is 2. The first kappa shape index (κ1) is 20.0. The van der Waals surface area contributed by atoms with Crippen LogP contribution in [0.1, 0.15) is 25.3 Å². The third kappa shape index (κ3) is 6.14. The van der Waals surface area contributed by atoms with Crippen molar-refractivity contribution in [2.24, 2.45) is 0 Å². The van der Waals surface area contributed by atoms with Gasteiger partial charge in [0.2, 0.25) is 5.91 Å². The van der Waals surface area contributed by atoms with E-state index in [1.165, 1.54) is 25.3 Å². The molecule has 27 heavy (non-hydrogen) atoms. The molecule has 0 unspecified atom stereocenters.